The number of nitrogens with one attached hydrogen (secondary N) is 2. The molecule has 0 heterocycles. The highest BCUT2D eigenvalue weighted by molar-refractivity contribution is 6.31. The van der Waals surface area contributed by atoms with E-state index in [4.69, 9.17) is 21.1 Å². The lowest BCUT2D eigenvalue weighted by Crippen LogP contribution is -2.21. The lowest BCUT2D eigenvalue weighted by atomic mass is 10.1. The number of benzene rings is 3. The van der Waals surface area contributed by atoms with Gasteiger partial charge < -0.3 is 20.1 Å². The number of carbonyl (C=O) groups is 2. The minimum absolute atomic E-state index is 0.0479. The largest absolute Gasteiger partial charge is 0.490 e. The van der Waals surface area contributed by atoms with Gasteiger partial charge in [-0.15, -0.1) is 0 Å². The third-order valence-electron chi connectivity index (χ3n) is 4.53. The fourth-order valence-corrected chi connectivity index (χ4v) is 3.16. The first-order valence-electron chi connectivity index (χ1n) is 10.5. The van der Waals surface area contributed by atoms with Crippen molar-refractivity contribution < 1.29 is 23.5 Å². The number of amides is 2. The molecule has 3 aromatic carbocycles. The van der Waals surface area contributed by atoms with Gasteiger partial charge in [-0.05, 0) is 61.0 Å². The van der Waals surface area contributed by atoms with E-state index in [0.717, 1.165) is 0 Å². The fourth-order valence-electron chi connectivity index (χ4n) is 2.97. The van der Waals surface area contributed by atoms with Gasteiger partial charge >= 0.3 is 0 Å². The Morgan fingerprint density at radius 3 is 2.54 bits per heavy atom. The topological polar surface area (TPSA) is 100 Å². The van der Waals surface area contributed by atoms with Gasteiger partial charge in [0.1, 0.15) is 17.5 Å². The summed E-state index contributed by atoms with van der Waals surface area (Å²) in [5, 5.41) is 15.0. The minimum Gasteiger partial charge on any atom is -0.490 e. The Morgan fingerprint density at radius 1 is 1.03 bits per heavy atom. The monoisotopic (exact) mass is 493 g/mol. The van der Waals surface area contributed by atoms with Crippen LogP contribution in [0.25, 0.3) is 6.08 Å². The number of halogens is 2. The normalized spacial score (nSPS) is 10.7. The molecule has 0 radical (unpaired) electrons. The average Bonchev–Trinajstić information content (AvgIpc) is 2.83. The van der Waals surface area contributed by atoms with Crippen molar-refractivity contribution in [3.63, 3.8) is 0 Å². The highest BCUT2D eigenvalue weighted by Crippen LogP contribution is 2.29. The molecule has 178 valence electrons. The molecule has 0 atom stereocenters. The fraction of sp³-hybridized carbons (Fsp3) is 0.115. The maximum absolute atomic E-state index is 13.7. The zero-order valence-corrected chi connectivity index (χ0v) is 19.4. The van der Waals surface area contributed by atoms with Crippen molar-refractivity contribution in [2.45, 2.75) is 6.92 Å². The van der Waals surface area contributed by atoms with Gasteiger partial charge in [-0.1, -0.05) is 35.9 Å². The van der Waals surface area contributed by atoms with Crippen molar-refractivity contribution in [2.75, 3.05) is 23.8 Å². The number of nitrogens with zero attached hydrogens (tertiary/aromatic N) is 1. The Kier molecular flexibility index (Phi) is 8.82. The molecule has 35 heavy (non-hydrogen) atoms. The molecule has 0 fully saturated rings. The Hall–Kier alpha value is -4.35. The molecule has 0 aliphatic heterocycles. The zero-order valence-electron chi connectivity index (χ0n) is 18.7. The van der Waals surface area contributed by atoms with E-state index in [-0.39, 0.29) is 23.6 Å². The summed E-state index contributed by atoms with van der Waals surface area (Å²) in [4.78, 5) is 24.7. The predicted octanol–water partition coefficient (Wildman–Crippen LogP) is 5.44. The van der Waals surface area contributed by atoms with E-state index in [1.54, 1.807) is 55.5 Å². The molecule has 9 heteroatoms. The van der Waals surface area contributed by atoms with Crippen LogP contribution in [-0.2, 0) is 9.59 Å². The number of hydrogen-bond acceptors (Lipinski definition) is 5. The van der Waals surface area contributed by atoms with Crippen LogP contribution in [0, 0.1) is 17.1 Å². The summed E-state index contributed by atoms with van der Waals surface area (Å²) in [7, 11) is 0. The van der Waals surface area contributed by atoms with Gasteiger partial charge in [0.05, 0.1) is 12.3 Å². The second-order valence-electron chi connectivity index (χ2n) is 7.09. The number of rotatable bonds is 9. The summed E-state index contributed by atoms with van der Waals surface area (Å²) in [6.07, 6.45) is 1.40. The predicted molar refractivity (Wildman–Crippen MR) is 132 cm³/mol. The summed E-state index contributed by atoms with van der Waals surface area (Å²) < 4.78 is 24.9. The van der Waals surface area contributed by atoms with Crippen molar-refractivity contribution >= 4 is 40.9 Å². The molecule has 2 amide bonds. The molecular weight excluding hydrogens is 473 g/mol. The summed E-state index contributed by atoms with van der Waals surface area (Å²) in [6, 6.07) is 19.0. The molecule has 0 saturated carbocycles. The van der Waals surface area contributed by atoms with Crippen molar-refractivity contribution in [3.8, 4) is 17.6 Å². The molecule has 0 bridgehead atoms. The average molecular weight is 494 g/mol. The first-order valence-corrected chi connectivity index (χ1v) is 10.9. The smallest absolute Gasteiger partial charge is 0.266 e. The van der Waals surface area contributed by atoms with Gasteiger partial charge in [0.25, 0.3) is 11.8 Å². The van der Waals surface area contributed by atoms with E-state index in [0.29, 0.717) is 28.6 Å². The highest BCUT2D eigenvalue weighted by Gasteiger charge is 2.13. The van der Waals surface area contributed by atoms with Crippen molar-refractivity contribution in [3.05, 3.63) is 88.7 Å². The number of ether oxygens (including phenoxy) is 2. The second kappa shape index (κ2) is 12.2. The van der Waals surface area contributed by atoms with Gasteiger partial charge in [0, 0.05) is 10.7 Å². The number of carbonyl (C=O) groups excluding carboxylic acids is 2. The number of para-hydroxylation sites is 1. The Morgan fingerprint density at radius 2 is 1.83 bits per heavy atom. The quantitative estimate of drug-likeness (QED) is 0.305. The molecule has 0 spiro atoms. The minimum atomic E-state index is -0.599. The Labute approximate surface area is 206 Å². The lowest BCUT2D eigenvalue weighted by molar-refractivity contribution is -0.118. The molecule has 3 aromatic rings. The maximum atomic E-state index is 13.7. The number of nitriles is 1. The standard InChI is InChI=1S/C26H21ClFN3O4/c1-2-34-24-13-17(12-18(15-29)26(33)30-20-7-5-6-19(27)14-20)10-11-23(24)35-16-25(32)31-22-9-4-3-8-21(22)28/h3-14H,2,16H2,1H3,(H,30,33)(H,31,32)/b18-12-. The first kappa shape index (κ1) is 25.3. The summed E-state index contributed by atoms with van der Waals surface area (Å²) in [5.41, 5.74) is 0.877. The van der Waals surface area contributed by atoms with Gasteiger partial charge in [0.2, 0.25) is 0 Å². The molecule has 2 N–H and O–H groups in total. The van der Waals surface area contributed by atoms with Crippen molar-refractivity contribution in [2.24, 2.45) is 0 Å². The van der Waals surface area contributed by atoms with E-state index in [1.807, 2.05) is 6.07 Å². The molecule has 0 aliphatic carbocycles. The maximum Gasteiger partial charge on any atom is 0.266 e. The highest BCUT2D eigenvalue weighted by atomic mass is 35.5. The van der Waals surface area contributed by atoms with Crippen LogP contribution in [0.4, 0.5) is 15.8 Å². The van der Waals surface area contributed by atoms with E-state index >= 15 is 0 Å². The van der Waals surface area contributed by atoms with Crippen molar-refractivity contribution in [1.29, 1.82) is 5.26 Å². The number of anilines is 2. The van der Waals surface area contributed by atoms with E-state index < -0.39 is 17.6 Å². The third kappa shape index (κ3) is 7.32. The van der Waals surface area contributed by atoms with E-state index in [9.17, 15) is 19.2 Å². The van der Waals surface area contributed by atoms with Crippen LogP contribution in [0.5, 0.6) is 11.5 Å². The first-order chi connectivity index (χ1) is 16.9. The summed E-state index contributed by atoms with van der Waals surface area (Å²) >= 11 is 5.93. The molecule has 0 aliphatic rings. The van der Waals surface area contributed by atoms with Crippen molar-refractivity contribution in [1.82, 2.24) is 0 Å². The molecule has 0 unspecified atom stereocenters. The molecular formula is C26H21ClFN3O4. The van der Waals surface area contributed by atoms with Gasteiger partial charge in [-0.25, -0.2) is 4.39 Å². The van der Waals surface area contributed by atoms with Gasteiger partial charge in [-0.2, -0.15) is 5.26 Å². The molecule has 3 rings (SSSR count). The summed E-state index contributed by atoms with van der Waals surface area (Å²) in [5.74, 6) is -1.12. The Balaban J connectivity index is 1.72. The van der Waals surface area contributed by atoms with Crippen LogP contribution in [0.15, 0.2) is 72.3 Å². The number of hydrogen-bond donors (Lipinski definition) is 2. The van der Waals surface area contributed by atoms with Crippen LogP contribution >= 0.6 is 11.6 Å². The SMILES string of the molecule is CCOc1cc(/C=C(/C#N)C(=O)Nc2cccc(Cl)c2)ccc1OCC(=O)Nc1ccccc1F. The van der Waals surface area contributed by atoms with Crippen LogP contribution in [-0.4, -0.2) is 25.0 Å². The van der Waals surface area contributed by atoms with Crippen LogP contribution in [0.3, 0.4) is 0 Å². The van der Waals surface area contributed by atoms with Gasteiger partial charge in [-0.3, -0.25) is 9.59 Å². The molecule has 0 aromatic heterocycles. The Bertz CT molecular complexity index is 1300. The zero-order chi connectivity index (χ0) is 25.2. The second-order valence-corrected chi connectivity index (χ2v) is 7.53. The van der Waals surface area contributed by atoms with Gasteiger partial charge in [0.15, 0.2) is 18.1 Å². The van der Waals surface area contributed by atoms with Crippen LogP contribution < -0.4 is 20.1 Å². The van der Waals surface area contributed by atoms with Crippen LogP contribution in [0.1, 0.15) is 12.5 Å². The third-order valence-corrected chi connectivity index (χ3v) is 4.77. The lowest BCUT2D eigenvalue weighted by Gasteiger charge is -2.13. The van der Waals surface area contributed by atoms with E-state index in [2.05, 4.69) is 10.6 Å². The summed E-state index contributed by atoms with van der Waals surface area (Å²) in [6.45, 7) is 1.71. The van der Waals surface area contributed by atoms with E-state index in [1.165, 1.54) is 24.3 Å². The molecule has 0 saturated heterocycles. The molecule has 7 nitrogen and oxygen atoms in total. The van der Waals surface area contributed by atoms with Crippen LogP contribution in [0.2, 0.25) is 5.02 Å².